The maximum atomic E-state index is 12.1. The highest BCUT2D eigenvalue weighted by Crippen LogP contribution is 2.11. The van der Waals surface area contributed by atoms with E-state index in [2.05, 4.69) is 15.3 Å². The molecule has 0 saturated carbocycles. The van der Waals surface area contributed by atoms with E-state index in [1.807, 2.05) is 25.1 Å². The number of hydrogen-bond donors (Lipinski definition) is 1. The van der Waals surface area contributed by atoms with Crippen LogP contribution in [0.5, 0.6) is 0 Å². The van der Waals surface area contributed by atoms with Gasteiger partial charge in [0, 0.05) is 25.0 Å². The first kappa shape index (κ1) is 13.8. The van der Waals surface area contributed by atoms with Crippen molar-refractivity contribution < 1.29 is 9.53 Å². The van der Waals surface area contributed by atoms with Gasteiger partial charge in [-0.1, -0.05) is 6.07 Å². The predicted molar refractivity (Wildman–Crippen MR) is 77.4 cm³/mol. The summed E-state index contributed by atoms with van der Waals surface area (Å²) in [5, 5.41) is 2.86. The highest BCUT2D eigenvalue weighted by Gasteiger charge is 2.17. The van der Waals surface area contributed by atoms with Gasteiger partial charge in [-0.2, -0.15) is 0 Å². The summed E-state index contributed by atoms with van der Waals surface area (Å²) in [7, 11) is 0. The summed E-state index contributed by atoms with van der Waals surface area (Å²) < 4.78 is 7.22. The Hall–Kier alpha value is -2.21. The van der Waals surface area contributed by atoms with Gasteiger partial charge >= 0.3 is 0 Å². The molecule has 1 aliphatic heterocycles. The highest BCUT2D eigenvalue weighted by molar-refractivity contribution is 5.92. The van der Waals surface area contributed by atoms with Gasteiger partial charge in [0.25, 0.3) is 5.91 Å². The summed E-state index contributed by atoms with van der Waals surface area (Å²) in [4.78, 5) is 20.6. The van der Waals surface area contributed by atoms with Crippen molar-refractivity contribution in [2.24, 2.45) is 0 Å². The molecule has 3 rings (SSSR count). The van der Waals surface area contributed by atoms with Gasteiger partial charge in [-0.3, -0.25) is 9.36 Å². The molecule has 1 amide bonds. The molecule has 0 aliphatic carbocycles. The Labute approximate surface area is 123 Å². The van der Waals surface area contributed by atoms with Gasteiger partial charge < -0.3 is 10.1 Å². The Morgan fingerprint density at radius 2 is 2.43 bits per heavy atom. The summed E-state index contributed by atoms with van der Waals surface area (Å²) in [6.07, 6.45) is 5.49. The second kappa shape index (κ2) is 6.05. The van der Waals surface area contributed by atoms with Gasteiger partial charge in [0.05, 0.1) is 6.10 Å². The van der Waals surface area contributed by atoms with Crippen molar-refractivity contribution >= 4 is 5.91 Å². The van der Waals surface area contributed by atoms with Crippen LogP contribution in [0.4, 0.5) is 0 Å². The number of nitrogens with zero attached hydrogens (tertiary/aromatic N) is 3. The minimum Gasteiger partial charge on any atom is -0.376 e. The average molecular weight is 286 g/mol. The molecule has 0 bridgehead atoms. The number of carbonyl (C=O) groups excluding carboxylic acids is 1. The van der Waals surface area contributed by atoms with Gasteiger partial charge in [0.15, 0.2) is 0 Å². The van der Waals surface area contributed by atoms with Crippen molar-refractivity contribution in [3.8, 4) is 5.82 Å². The van der Waals surface area contributed by atoms with Crippen LogP contribution < -0.4 is 5.32 Å². The Bertz CT molecular complexity index is 632. The third-order valence-electron chi connectivity index (χ3n) is 3.47. The molecule has 2 aromatic rings. The van der Waals surface area contributed by atoms with E-state index < -0.39 is 0 Å². The Balaban J connectivity index is 1.65. The lowest BCUT2D eigenvalue weighted by atomic mass is 10.2. The van der Waals surface area contributed by atoms with Crippen molar-refractivity contribution in [3.63, 3.8) is 0 Å². The smallest absolute Gasteiger partial charge is 0.271 e. The molecule has 0 aromatic carbocycles. The molecule has 3 heterocycles. The Kier molecular flexibility index (Phi) is 3.96. The summed E-state index contributed by atoms with van der Waals surface area (Å²) in [6, 6.07) is 5.73. The normalized spacial score (nSPS) is 17.9. The van der Waals surface area contributed by atoms with E-state index in [4.69, 9.17) is 4.74 Å². The Morgan fingerprint density at radius 1 is 1.52 bits per heavy atom. The number of rotatable bonds is 4. The summed E-state index contributed by atoms with van der Waals surface area (Å²) in [6.45, 7) is 3.25. The first-order chi connectivity index (χ1) is 10.2. The molecule has 21 heavy (non-hydrogen) atoms. The van der Waals surface area contributed by atoms with E-state index in [1.165, 1.54) is 0 Å². The van der Waals surface area contributed by atoms with E-state index in [9.17, 15) is 4.79 Å². The minimum atomic E-state index is -0.183. The van der Waals surface area contributed by atoms with Gasteiger partial charge in [0.1, 0.15) is 17.8 Å². The summed E-state index contributed by atoms with van der Waals surface area (Å²) >= 11 is 0. The largest absolute Gasteiger partial charge is 0.376 e. The zero-order chi connectivity index (χ0) is 14.7. The molecule has 1 fully saturated rings. The van der Waals surface area contributed by atoms with Crippen molar-refractivity contribution in [2.75, 3.05) is 13.2 Å². The standard InChI is InChI=1S/C15H18N4O2/c1-11-4-2-6-14(18-11)19-9-13(17-10-19)15(20)16-8-12-5-3-7-21-12/h2,4,6,9-10,12H,3,5,7-8H2,1H3,(H,16,20). The maximum absolute atomic E-state index is 12.1. The predicted octanol–water partition coefficient (Wildman–Crippen LogP) is 1.48. The number of pyridine rings is 1. The van der Waals surface area contributed by atoms with E-state index in [-0.39, 0.29) is 12.0 Å². The van der Waals surface area contributed by atoms with Crippen LogP contribution in [0.3, 0.4) is 0 Å². The zero-order valence-corrected chi connectivity index (χ0v) is 12.0. The molecule has 1 aliphatic rings. The highest BCUT2D eigenvalue weighted by atomic mass is 16.5. The van der Waals surface area contributed by atoms with Crippen LogP contribution in [0.25, 0.3) is 5.82 Å². The monoisotopic (exact) mass is 286 g/mol. The van der Waals surface area contributed by atoms with Crippen LogP contribution in [0, 0.1) is 6.92 Å². The van der Waals surface area contributed by atoms with Gasteiger partial charge in [-0.15, -0.1) is 0 Å². The van der Waals surface area contributed by atoms with Crippen LogP contribution in [0.1, 0.15) is 29.0 Å². The van der Waals surface area contributed by atoms with E-state index in [1.54, 1.807) is 17.1 Å². The van der Waals surface area contributed by atoms with Crippen molar-refractivity contribution in [2.45, 2.75) is 25.9 Å². The molecule has 2 aromatic heterocycles. The first-order valence-corrected chi connectivity index (χ1v) is 7.10. The van der Waals surface area contributed by atoms with Crippen LogP contribution in [0.15, 0.2) is 30.7 Å². The van der Waals surface area contributed by atoms with Gasteiger partial charge in [0.2, 0.25) is 0 Å². The number of carbonyl (C=O) groups is 1. The Morgan fingerprint density at radius 3 is 3.19 bits per heavy atom. The number of imidazole rings is 1. The fraction of sp³-hybridized carbons (Fsp3) is 0.400. The van der Waals surface area contributed by atoms with Gasteiger partial charge in [-0.25, -0.2) is 9.97 Å². The quantitative estimate of drug-likeness (QED) is 0.924. The van der Waals surface area contributed by atoms with Crippen LogP contribution in [-0.4, -0.2) is 39.7 Å². The van der Waals surface area contributed by atoms with Crippen molar-refractivity contribution in [1.82, 2.24) is 19.9 Å². The minimum absolute atomic E-state index is 0.134. The van der Waals surface area contributed by atoms with Crippen molar-refractivity contribution in [1.29, 1.82) is 0 Å². The fourth-order valence-electron chi connectivity index (χ4n) is 2.34. The maximum Gasteiger partial charge on any atom is 0.271 e. The summed E-state index contributed by atoms with van der Waals surface area (Å²) in [5.74, 6) is 0.567. The lowest BCUT2D eigenvalue weighted by Crippen LogP contribution is -2.31. The number of amides is 1. The number of aromatic nitrogens is 3. The van der Waals surface area contributed by atoms with E-state index in [0.29, 0.717) is 12.2 Å². The molecule has 1 N–H and O–H groups in total. The van der Waals surface area contributed by atoms with Crippen LogP contribution in [0.2, 0.25) is 0 Å². The average Bonchev–Trinajstić information content (AvgIpc) is 3.16. The summed E-state index contributed by atoms with van der Waals surface area (Å²) in [5.41, 5.74) is 1.31. The van der Waals surface area contributed by atoms with E-state index in [0.717, 1.165) is 31.0 Å². The third kappa shape index (κ3) is 3.28. The van der Waals surface area contributed by atoms with Crippen LogP contribution in [-0.2, 0) is 4.74 Å². The second-order valence-corrected chi connectivity index (χ2v) is 5.15. The second-order valence-electron chi connectivity index (χ2n) is 5.15. The molecule has 1 unspecified atom stereocenters. The number of aryl methyl sites for hydroxylation is 1. The molecule has 6 heteroatoms. The molecule has 0 radical (unpaired) electrons. The first-order valence-electron chi connectivity index (χ1n) is 7.10. The number of ether oxygens (including phenoxy) is 1. The third-order valence-corrected chi connectivity index (χ3v) is 3.47. The molecular formula is C15H18N4O2. The number of nitrogens with one attached hydrogen (secondary N) is 1. The lowest BCUT2D eigenvalue weighted by molar-refractivity contribution is 0.0854. The van der Waals surface area contributed by atoms with Crippen molar-refractivity contribution in [3.05, 3.63) is 42.1 Å². The SMILES string of the molecule is Cc1cccc(-n2cnc(C(=O)NCC3CCCO3)c2)n1. The molecule has 0 spiro atoms. The van der Waals surface area contributed by atoms with E-state index >= 15 is 0 Å². The molecule has 1 saturated heterocycles. The topological polar surface area (TPSA) is 69.0 Å². The number of hydrogen-bond acceptors (Lipinski definition) is 4. The zero-order valence-electron chi connectivity index (χ0n) is 12.0. The molecule has 1 atom stereocenters. The molecular weight excluding hydrogens is 268 g/mol. The lowest BCUT2D eigenvalue weighted by Gasteiger charge is -2.09. The molecule has 6 nitrogen and oxygen atoms in total. The van der Waals surface area contributed by atoms with Crippen LogP contribution >= 0.6 is 0 Å². The molecule has 110 valence electrons. The fourth-order valence-corrected chi connectivity index (χ4v) is 2.34. The van der Waals surface area contributed by atoms with Gasteiger partial charge in [-0.05, 0) is 31.9 Å².